The molecule has 0 aromatic heterocycles. The van der Waals surface area contributed by atoms with E-state index in [9.17, 15) is 31.4 Å². The number of nitrogens with zero attached hydrogens (tertiary/aromatic N) is 1. The van der Waals surface area contributed by atoms with Crippen molar-refractivity contribution >= 4 is 17.6 Å². The Morgan fingerprint density at radius 1 is 0.756 bits per heavy atom. The molecule has 0 atom stereocenters. The topological polar surface area (TPSA) is 133 Å². The molecular weight excluding hydrogens is 610 g/mol. The Bertz CT molecular complexity index is 1250. The Labute approximate surface area is 255 Å². The molecule has 0 radical (unpaired) electrons. The SMILES string of the molecule is Nc1ccc(OCCCN2CCC(C(O)(c3ccccc3)c3ccccc3)CC2)cc1.O=C(O)C(F)(F)F.O=C(O)C(F)(F)F. The Kier molecular flexibility index (Phi) is 13.7. The molecule has 1 aliphatic rings. The van der Waals surface area contributed by atoms with Crippen LogP contribution in [0.25, 0.3) is 0 Å². The summed E-state index contributed by atoms with van der Waals surface area (Å²) in [5.41, 5.74) is 7.48. The van der Waals surface area contributed by atoms with Gasteiger partial charge in [0.1, 0.15) is 11.4 Å². The van der Waals surface area contributed by atoms with Crippen LogP contribution in [-0.2, 0) is 15.2 Å². The quantitative estimate of drug-likeness (QED) is 0.134. The average molecular weight is 645 g/mol. The first-order valence-electron chi connectivity index (χ1n) is 13.7. The average Bonchev–Trinajstić information content (AvgIpc) is 3.00. The first-order valence-corrected chi connectivity index (χ1v) is 13.7. The molecule has 0 aliphatic carbocycles. The highest BCUT2D eigenvalue weighted by atomic mass is 19.4. The smallest absolute Gasteiger partial charge is 0.490 e. The minimum absolute atomic E-state index is 0.194. The minimum Gasteiger partial charge on any atom is -0.494 e. The van der Waals surface area contributed by atoms with Crippen molar-refractivity contribution in [1.82, 2.24) is 4.90 Å². The molecule has 45 heavy (non-hydrogen) atoms. The first kappa shape index (κ1) is 36.9. The summed E-state index contributed by atoms with van der Waals surface area (Å²) in [6.07, 6.45) is -7.24. The third-order valence-corrected chi connectivity index (χ3v) is 6.86. The summed E-state index contributed by atoms with van der Waals surface area (Å²) >= 11 is 0. The zero-order chi connectivity index (χ0) is 33.7. The largest absolute Gasteiger partial charge is 0.494 e. The van der Waals surface area contributed by atoms with Gasteiger partial charge in [0.05, 0.1) is 6.61 Å². The van der Waals surface area contributed by atoms with Gasteiger partial charge in [0.2, 0.25) is 0 Å². The second kappa shape index (κ2) is 16.7. The van der Waals surface area contributed by atoms with E-state index < -0.39 is 29.9 Å². The second-order valence-electron chi connectivity index (χ2n) is 9.99. The van der Waals surface area contributed by atoms with Gasteiger partial charge in [-0.3, -0.25) is 0 Å². The van der Waals surface area contributed by atoms with Gasteiger partial charge in [-0.2, -0.15) is 26.3 Å². The maximum atomic E-state index is 12.0. The number of nitrogens with two attached hydrogens (primary N) is 1. The van der Waals surface area contributed by atoms with Crippen LogP contribution in [0.4, 0.5) is 32.0 Å². The molecule has 1 heterocycles. The molecule has 0 saturated carbocycles. The Morgan fingerprint density at radius 2 is 1.16 bits per heavy atom. The lowest BCUT2D eigenvalue weighted by Gasteiger charge is -2.42. The van der Waals surface area contributed by atoms with Crippen LogP contribution in [0, 0.1) is 5.92 Å². The molecule has 0 amide bonds. The van der Waals surface area contributed by atoms with Gasteiger partial charge in [-0.1, -0.05) is 60.7 Å². The zero-order valence-electron chi connectivity index (χ0n) is 24.0. The lowest BCUT2D eigenvalue weighted by Crippen LogP contribution is -2.44. The predicted octanol–water partition coefficient (Wildman–Crippen LogP) is 5.95. The van der Waals surface area contributed by atoms with E-state index in [2.05, 4.69) is 4.90 Å². The van der Waals surface area contributed by atoms with Crippen LogP contribution in [0.5, 0.6) is 5.75 Å². The number of likely N-dealkylation sites (tertiary alicyclic amines) is 1. The third-order valence-electron chi connectivity index (χ3n) is 6.86. The number of benzene rings is 3. The molecule has 0 spiro atoms. The molecule has 1 aliphatic heterocycles. The number of hydrogen-bond donors (Lipinski definition) is 4. The maximum Gasteiger partial charge on any atom is 0.490 e. The zero-order valence-corrected chi connectivity index (χ0v) is 24.0. The van der Waals surface area contributed by atoms with Crippen molar-refractivity contribution in [3.63, 3.8) is 0 Å². The van der Waals surface area contributed by atoms with Gasteiger partial charge in [0.25, 0.3) is 0 Å². The molecule has 3 aromatic carbocycles. The number of aliphatic hydroxyl groups is 1. The van der Waals surface area contributed by atoms with Crippen LogP contribution in [0.15, 0.2) is 84.9 Å². The van der Waals surface area contributed by atoms with Gasteiger partial charge in [-0.15, -0.1) is 0 Å². The predicted molar refractivity (Wildman–Crippen MR) is 153 cm³/mol. The number of aliphatic carboxylic acids is 2. The molecule has 1 saturated heterocycles. The summed E-state index contributed by atoms with van der Waals surface area (Å²) in [5, 5.41) is 26.2. The number of hydrogen-bond acceptors (Lipinski definition) is 6. The van der Waals surface area contributed by atoms with Gasteiger partial charge in [-0.05, 0) is 73.7 Å². The number of carboxylic acids is 2. The standard InChI is InChI=1S/C27H32N2O2.2C2HF3O2/c28-25-12-14-26(15-13-25)31-21-7-18-29-19-16-24(17-20-29)27(30,22-8-3-1-4-9-22)23-10-5-2-6-11-23;2*3-2(4,5)1(6)7/h1-6,8-15,24,30H,7,16-21,28H2;2*(H,6,7). The second-order valence-corrected chi connectivity index (χ2v) is 9.99. The van der Waals surface area contributed by atoms with Gasteiger partial charge < -0.3 is 30.7 Å². The number of alkyl halides is 6. The highest BCUT2D eigenvalue weighted by Crippen LogP contribution is 2.41. The summed E-state index contributed by atoms with van der Waals surface area (Å²) in [6.45, 7) is 3.70. The number of ether oxygens (including phenoxy) is 1. The van der Waals surface area contributed by atoms with Crippen LogP contribution in [0.3, 0.4) is 0 Å². The molecule has 1 fully saturated rings. The van der Waals surface area contributed by atoms with Crippen LogP contribution in [-0.4, -0.2) is 70.8 Å². The molecular formula is C31H34F6N2O6. The Balaban J connectivity index is 0.000000421. The fourth-order valence-electron chi connectivity index (χ4n) is 4.64. The number of carboxylic acid groups (broad SMARTS) is 2. The van der Waals surface area contributed by atoms with E-state index in [-0.39, 0.29) is 5.92 Å². The fraction of sp³-hybridized carbons (Fsp3) is 0.355. The van der Waals surface area contributed by atoms with E-state index in [1.165, 1.54) is 0 Å². The summed E-state index contributed by atoms with van der Waals surface area (Å²) in [7, 11) is 0. The number of piperidine rings is 1. The molecule has 246 valence electrons. The van der Waals surface area contributed by atoms with Crippen LogP contribution in [0.2, 0.25) is 0 Å². The van der Waals surface area contributed by atoms with Crippen molar-refractivity contribution < 1.29 is 56.0 Å². The number of carbonyl (C=O) groups is 2. The van der Waals surface area contributed by atoms with Crippen LogP contribution < -0.4 is 10.5 Å². The number of nitrogen functional groups attached to an aromatic ring is 1. The van der Waals surface area contributed by atoms with Gasteiger partial charge in [0, 0.05) is 12.2 Å². The fourth-order valence-corrected chi connectivity index (χ4v) is 4.64. The highest BCUT2D eigenvalue weighted by molar-refractivity contribution is 5.73. The molecule has 0 bridgehead atoms. The molecule has 8 nitrogen and oxygen atoms in total. The van der Waals surface area contributed by atoms with Crippen molar-refractivity contribution in [2.75, 3.05) is 32.0 Å². The van der Waals surface area contributed by atoms with Gasteiger partial charge >= 0.3 is 24.3 Å². The lowest BCUT2D eigenvalue weighted by molar-refractivity contribution is -0.193. The summed E-state index contributed by atoms with van der Waals surface area (Å²) in [6, 6.07) is 27.8. The Morgan fingerprint density at radius 3 is 1.53 bits per heavy atom. The highest BCUT2D eigenvalue weighted by Gasteiger charge is 2.41. The summed E-state index contributed by atoms with van der Waals surface area (Å²) < 4.78 is 69.3. The van der Waals surface area contributed by atoms with Crippen LogP contribution in [0.1, 0.15) is 30.4 Å². The normalized spacial score (nSPS) is 14.3. The Hall–Kier alpha value is -4.30. The van der Waals surface area contributed by atoms with Gasteiger partial charge in [0.15, 0.2) is 0 Å². The number of rotatable bonds is 8. The molecule has 5 N–H and O–H groups in total. The summed E-state index contributed by atoms with van der Waals surface area (Å²) in [4.78, 5) is 20.3. The number of anilines is 1. The third kappa shape index (κ3) is 12.0. The summed E-state index contributed by atoms with van der Waals surface area (Å²) in [5.74, 6) is -4.46. The van der Waals surface area contributed by atoms with E-state index in [4.69, 9.17) is 30.3 Å². The van der Waals surface area contributed by atoms with E-state index in [1.807, 2.05) is 84.9 Å². The molecule has 0 unspecified atom stereocenters. The molecule has 4 rings (SSSR count). The minimum atomic E-state index is -5.08. The van der Waals surface area contributed by atoms with Crippen molar-refractivity contribution in [3.8, 4) is 5.75 Å². The van der Waals surface area contributed by atoms with Crippen LogP contribution >= 0.6 is 0 Å². The van der Waals surface area contributed by atoms with Gasteiger partial charge in [-0.25, -0.2) is 9.59 Å². The van der Waals surface area contributed by atoms with E-state index in [1.54, 1.807) is 0 Å². The van der Waals surface area contributed by atoms with Crippen molar-refractivity contribution in [2.45, 2.75) is 37.2 Å². The lowest BCUT2D eigenvalue weighted by atomic mass is 9.72. The first-order chi connectivity index (χ1) is 21.0. The van der Waals surface area contributed by atoms with Crippen molar-refractivity contribution in [1.29, 1.82) is 0 Å². The monoisotopic (exact) mass is 644 g/mol. The maximum absolute atomic E-state index is 12.0. The molecule has 3 aromatic rings. The van der Waals surface area contributed by atoms with Crippen molar-refractivity contribution in [2.24, 2.45) is 5.92 Å². The van der Waals surface area contributed by atoms with E-state index >= 15 is 0 Å². The van der Waals surface area contributed by atoms with Crippen molar-refractivity contribution in [3.05, 3.63) is 96.1 Å². The number of halogens is 6. The van der Waals surface area contributed by atoms with E-state index in [0.29, 0.717) is 6.61 Å². The van der Waals surface area contributed by atoms with E-state index in [0.717, 1.165) is 61.5 Å². The molecule has 14 heteroatoms.